The van der Waals surface area contributed by atoms with Crippen LogP contribution < -0.4 is 31.5 Å². The van der Waals surface area contributed by atoms with Gasteiger partial charge in [0.1, 0.15) is 11.6 Å². The first-order chi connectivity index (χ1) is 18.3. The molecule has 0 bridgehead atoms. The van der Waals surface area contributed by atoms with E-state index in [1.54, 1.807) is 24.3 Å². The second-order valence-corrected chi connectivity index (χ2v) is 10.7. The molecule has 39 heavy (non-hydrogen) atoms. The van der Waals surface area contributed by atoms with Crippen LogP contribution in [0.1, 0.15) is 34.1 Å². The molecule has 2 heterocycles. The van der Waals surface area contributed by atoms with Gasteiger partial charge in [0.15, 0.2) is 5.69 Å². The molecule has 0 unspecified atom stereocenters. The monoisotopic (exact) mass is 542 g/mol. The van der Waals surface area contributed by atoms with Crippen LogP contribution in [-0.4, -0.2) is 66.0 Å². The molecule has 0 aliphatic carbocycles. The first-order valence-electron chi connectivity index (χ1n) is 13.0. The Hall–Kier alpha value is -4.09. The maximum Gasteiger partial charge on any atom is 0.330 e. The van der Waals surface area contributed by atoms with Gasteiger partial charge in [-0.05, 0) is 24.0 Å². The van der Waals surface area contributed by atoms with Crippen molar-refractivity contribution < 1.29 is 19.1 Å². The number of amides is 3. The third-order valence-corrected chi connectivity index (χ3v) is 6.48. The smallest absolute Gasteiger partial charge is 0.330 e. The third-order valence-electron chi connectivity index (χ3n) is 6.48. The third kappa shape index (κ3) is 6.50. The number of H-pyrrole nitrogens is 1. The van der Waals surface area contributed by atoms with Gasteiger partial charge in [-0.3, -0.25) is 28.7 Å². The summed E-state index contributed by atoms with van der Waals surface area (Å²) in [6.07, 6.45) is -0.00208. The largest absolute Gasteiger partial charge is 0.495 e. The molecule has 3 rings (SSSR count). The molecule has 0 saturated carbocycles. The van der Waals surface area contributed by atoms with Crippen molar-refractivity contribution in [1.82, 2.24) is 14.5 Å². The van der Waals surface area contributed by atoms with E-state index in [1.807, 2.05) is 27.7 Å². The fraction of sp³-hybridized carbons (Fsp3) is 0.519. The highest BCUT2D eigenvalue weighted by Gasteiger charge is 2.38. The highest BCUT2D eigenvalue weighted by Crippen LogP contribution is 2.33. The van der Waals surface area contributed by atoms with Gasteiger partial charge in [0.2, 0.25) is 17.7 Å². The Labute approximate surface area is 227 Å². The Balaban J connectivity index is 1.83. The van der Waals surface area contributed by atoms with Crippen LogP contribution in [0.3, 0.4) is 0 Å². The number of anilines is 3. The van der Waals surface area contributed by atoms with Crippen LogP contribution in [0, 0.1) is 17.8 Å². The van der Waals surface area contributed by atoms with Gasteiger partial charge in [0.25, 0.3) is 5.56 Å². The number of carbonyl (C=O) groups excluding carboxylic acids is 3. The molecule has 12 heteroatoms. The molecule has 1 aliphatic heterocycles. The fourth-order valence-electron chi connectivity index (χ4n) is 4.70. The maximum absolute atomic E-state index is 13.5. The molecule has 1 aliphatic rings. The average molecular weight is 543 g/mol. The van der Waals surface area contributed by atoms with E-state index in [0.717, 1.165) is 0 Å². The Kier molecular flexibility index (Phi) is 9.20. The number of nitrogen functional groups attached to an aromatic ring is 1. The fourth-order valence-corrected chi connectivity index (χ4v) is 4.70. The zero-order valence-electron chi connectivity index (χ0n) is 23.4. The van der Waals surface area contributed by atoms with E-state index in [-0.39, 0.29) is 67.8 Å². The second kappa shape index (κ2) is 12.2. The molecule has 3 amide bonds. The van der Waals surface area contributed by atoms with Crippen molar-refractivity contribution in [2.24, 2.45) is 17.8 Å². The normalized spacial score (nSPS) is 15.2. The lowest BCUT2D eigenvalue weighted by molar-refractivity contribution is -0.137. The van der Waals surface area contributed by atoms with Crippen molar-refractivity contribution in [1.29, 1.82) is 0 Å². The Morgan fingerprint density at radius 1 is 1.13 bits per heavy atom. The van der Waals surface area contributed by atoms with Crippen LogP contribution >= 0.6 is 0 Å². The van der Waals surface area contributed by atoms with E-state index in [9.17, 15) is 24.0 Å². The standard InChI is InChI=1S/C27H38N6O6/c1-16(2)12-32(23-24(28)33(13-17(3)4)27(38)29-25(23)36)22(35)15-30(5)26(37)18-11-21(34)31(14-18)19-9-7-8-10-20(19)39-6/h7-10,16-18H,11-15,28H2,1-6H3,(H,29,36,38)/t18-/m0/s1. The molecular formula is C27H38N6O6. The van der Waals surface area contributed by atoms with Crippen molar-refractivity contribution in [3.63, 3.8) is 0 Å². The van der Waals surface area contributed by atoms with Gasteiger partial charge in [0, 0.05) is 33.1 Å². The van der Waals surface area contributed by atoms with Crippen molar-refractivity contribution >= 4 is 34.9 Å². The van der Waals surface area contributed by atoms with Gasteiger partial charge in [-0.2, -0.15) is 0 Å². The van der Waals surface area contributed by atoms with Crippen molar-refractivity contribution in [2.45, 2.75) is 40.7 Å². The molecule has 3 N–H and O–H groups in total. The molecule has 1 aromatic heterocycles. The van der Waals surface area contributed by atoms with Crippen LogP contribution in [-0.2, 0) is 20.9 Å². The number of nitrogens with zero attached hydrogens (tertiary/aromatic N) is 4. The van der Waals surface area contributed by atoms with E-state index in [0.29, 0.717) is 11.4 Å². The van der Waals surface area contributed by atoms with Crippen LogP contribution in [0.25, 0.3) is 0 Å². The highest BCUT2D eigenvalue weighted by molar-refractivity contribution is 6.03. The number of methoxy groups -OCH3 is 1. The topological polar surface area (TPSA) is 151 Å². The Morgan fingerprint density at radius 2 is 1.79 bits per heavy atom. The number of likely N-dealkylation sites (N-methyl/N-ethyl adjacent to an activating group) is 1. The van der Waals surface area contributed by atoms with E-state index in [4.69, 9.17) is 10.5 Å². The number of aromatic amines is 1. The quantitative estimate of drug-likeness (QED) is 0.459. The number of aromatic nitrogens is 2. The molecule has 212 valence electrons. The van der Waals surface area contributed by atoms with Gasteiger partial charge < -0.3 is 25.2 Å². The molecule has 1 saturated heterocycles. The number of carbonyl (C=O) groups is 3. The molecule has 1 fully saturated rings. The lowest BCUT2D eigenvalue weighted by Crippen LogP contribution is -2.48. The maximum atomic E-state index is 13.5. The van der Waals surface area contributed by atoms with E-state index >= 15 is 0 Å². The number of ether oxygens (including phenoxy) is 1. The number of nitrogens with two attached hydrogens (primary N) is 1. The summed E-state index contributed by atoms with van der Waals surface area (Å²) in [6, 6.07) is 7.07. The summed E-state index contributed by atoms with van der Waals surface area (Å²) in [7, 11) is 2.99. The number of nitrogens with one attached hydrogen (secondary N) is 1. The first-order valence-corrected chi connectivity index (χ1v) is 13.0. The summed E-state index contributed by atoms with van der Waals surface area (Å²) in [5.74, 6) is -1.33. The van der Waals surface area contributed by atoms with Crippen LogP contribution in [0.4, 0.5) is 17.2 Å². The molecule has 1 aromatic carbocycles. The minimum absolute atomic E-state index is 0.00208. The number of benzene rings is 1. The molecule has 0 radical (unpaired) electrons. The second-order valence-electron chi connectivity index (χ2n) is 10.7. The molecule has 12 nitrogen and oxygen atoms in total. The molecular weight excluding hydrogens is 504 g/mol. The highest BCUT2D eigenvalue weighted by atomic mass is 16.5. The summed E-state index contributed by atoms with van der Waals surface area (Å²) >= 11 is 0. The average Bonchev–Trinajstić information content (AvgIpc) is 3.26. The minimum Gasteiger partial charge on any atom is -0.495 e. The zero-order chi connectivity index (χ0) is 29.0. The summed E-state index contributed by atoms with van der Waals surface area (Å²) in [5.41, 5.74) is 5.30. The number of hydrogen-bond acceptors (Lipinski definition) is 7. The Morgan fingerprint density at radius 3 is 2.41 bits per heavy atom. The summed E-state index contributed by atoms with van der Waals surface area (Å²) < 4.78 is 6.60. The predicted molar refractivity (Wildman–Crippen MR) is 149 cm³/mol. The van der Waals surface area contributed by atoms with E-state index in [2.05, 4.69) is 4.98 Å². The van der Waals surface area contributed by atoms with E-state index < -0.39 is 23.1 Å². The van der Waals surface area contributed by atoms with Crippen molar-refractivity contribution in [3.8, 4) is 5.75 Å². The van der Waals surface area contributed by atoms with Crippen LogP contribution in [0.2, 0.25) is 0 Å². The van der Waals surface area contributed by atoms with Gasteiger partial charge in [0.05, 0.1) is 25.3 Å². The number of hydrogen-bond donors (Lipinski definition) is 2. The summed E-state index contributed by atoms with van der Waals surface area (Å²) in [5, 5.41) is 0. The van der Waals surface area contributed by atoms with Crippen LogP contribution in [0.5, 0.6) is 5.75 Å². The molecule has 2 aromatic rings. The summed E-state index contributed by atoms with van der Waals surface area (Å²) in [6.45, 7) is 7.77. The van der Waals surface area contributed by atoms with Gasteiger partial charge in [-0.25, -0.2) is 4.79 Å². The number of rotatable bonds is 10. The van der Waals surface area contributed by atoms with Crippen molar-refractivity contribution in [3.05, 3.63) is 45.1 Å². The number of para-hydroxylation sites is 2. The SMILES string of the molecule is COc1ccccc1N1C[C@@H](C(=O)N(C)CC(=O)N(CC(C)C)c2c(N)n(CC(C)C)c(=O)[nH]c2=O)CC1=O. The lowest BCUT2D eigenvalue weighted by atomic mass is 10.1. The van der Waals surface area contributed by atoms with E-state index in [1.165, 1.54) is 33.4 Å². The predicted octanol–water partition coefficient (Wildman–Crippen LogP) is 1.28. The zero-order valence-corrected chi connectivity index (χ0v) is 23.4. The van der Waals surface area contributed by atoms with Crippen LogP contribution in [0.15, 0.2) is 33.9 Å². The van der Waals surface area contributed by atoms with Crippen molar-refractivity contribution in [2.75, 3.05) is 49.3 Å². The van der Waals surface area contributed by atoms with Gasteiger partial charge in [-0.1, -0.05) is 39.8 Å². The molecule has 0 spiro atoms. The van der Waals surface area contributed by atoms with Gasteiger partial charge in [-0.15, -0.1) is 0 Å². The molecule has 1 atom stereocenters. The summed E-state index contributed by atoms with van der Waals surface area (Å²) in [4.78, 5) is 71.1. The lowest BCUT2D eigenvalue weighted by Gasteiger charge is -2.29. The first kappa shape index (κ1) is 29.5. The Bertz CT molecular complexity index is 1350. The van der Waals surface area contributed by atoms with Gasteiger partial charge >= 0.3 is 5.69 Å². The minimum atomic E-state index is -0.769.